The molecule has 0 saturated carbocycles. The van der Waals surface area contributed by atoms with Gasteiger partial charge in [-0.2, -0.15) is 0 Å². The number of rotatable bonds is 7. The third-order valence-corrected chi connectivity index (χ3v) is 3.97. The number of imidazole rings is 1. The number of aromatic carboxylic acids is 1. The highest BCUT2D eigenvalue weighted by molar-refractivity contribution is 7.99. The molecule has 112 valence electrons. The molecule has 0 unspecified atom stereocenters. The highest BCUT2D eigenvalue weighted by Crippen LogP contribution is 2.30. The first-order chi connectivity index (χ1) is 10.1. The summed E-state index contributed by atoms with van der Waals surface area (Å²) >= 11 is 1.34. The van der Waals surface area contributed by atoms with Crippen molar-refractivity contribution in [3.8, 4) is 5.75 Å². The summed E-state index contributed by atoms with van der Waals surface area (Å²) in [5.41, 5.74) is 0.155. The van der Waals surface area contributed by atoms with Gasteiger partial charge in [0, 0.05) is 11.3 Å². The van der Waals surface area contributed by atoms with Crippen molar-refractivity contribution in [2.24, 2.45) is 0 Å². The number of carboxylic acids is 1. The summed E-state index contributed by atoms with van der Waals surface area (Å²) in [6.45, 7) is 2.09. The summed E-state index contributed by atoms with van der Waals surface area (Å²) in [4.78, 5) is 19.5. The van der Waals surface area contributed by atoms with Crippen LogP contribution in [0.4, 0.5) is 0 Å². The number of unbranched alkanes of at least 4 members (excludes halogenated alkanes) is 1. The largest absolute Gasteiger partial charge is 0.497 e. The van der Waals surface area contributed by atoms with Crippen molar-refractivity contribution in [3.63, 3.8) is 0 Å². The Morgan fingerprint density at radius 2 is 2.10 bits per heavy atom. The van der Waals surface area contributed by atoms with Gasteiger partial charge in [0.15, 0.2) is 5.69 Å². The Morgan fingerprint density at radius 3 is 2.67 bits per heavy atom. The summed E-state index contributed by atoms with van der Waals surface area (Å²) in [6, 6.07) is 7.45. The Labute approximate surface area is 127 Å². The van der Waals surface area contributed by atoms with E-state index in [-0.39, 0.29) is 5.69 Å². The molecule has 0 radical (unpaired) electrons. The monoisotopic (exact) mass is 306 g/mol. The third kappa shape index (κ3) is 4.01. The third-order valence-electron chi connectivity index (χ3n) is 2.97. The number of methoxy groups -OCH3 is 1. The van der Waals surface area contributed by atoms with Gasteiger partial charge in [-0.15, -0.1) is 0 Å². The van der Waals surface area contributed by atoms with E-state index in [1.54, 1.807) is 7.11 Å². The van der Waals surface area contributed by atoms with E-state index >= 15 is 0 Å². The molecule has 0 aliphatic carbocycles. The minimum Gasteiger partial charge on any atom is -0.497 e. The Kier molecular flexibility index (Phi) is 5.27. The summed E-state index contributed by atoms with van der Waals surface area (Å²) in [6.07, 6.45) is 2.79. The van der Waals surface area contributed by atoms with E-state index in [1.807, 2.05) is 24.3 Å². The van der Waals surface area contributed by atoms with E-state index in [1.165, 1.54) is 11.8 Å². The van der Waals surface area contributed by atoms with E-state index in [4.69, 9.17) is 4.74 Å². The summed E-state index contributed by atoms with van der Waals surface area (Å²) < 4.78 is 5.10. The van der Waals surface area contributed by atoms with Gasteiger partial charge in [-0.25, -0.2) is 9.78 Å². The predicted octanol–water partition coefficient (Wildman–Crippen LogP) is 3.61. The second kappa shape index (κ2) is 7.17. The lowest BCUT2D eigenvalue weighted by Gasteiger charge is -2.02. The van der Waals surface area contributed by atoms with Crippen molar-refractivity contribution in [1.82, 2.24) is 9.97 Å². The summed E-state index contributed by atoms with van der Waals surface area (Å²) in [5.74, 6) is 0.509. The summed E-state index contributed by atoms with van der Waals surface area (Å²) in [5, 5.41) is 9.76. The molecule has 21 heavy (non-hydrogen) atoms. The lowest BCUT2D eigenvalue weighted by atomic mass is 10.2. The molecule has 0 spiro atoms. The van der Waals surface area contributed by atoms with Gasteiger partial charge in [-0.3, -0.25) is 0 Å². The molecule has 2 aromatic rings. The van der Waals surface area contributed by atoms with Gasteiger partial charge in [0.05, 0.1) is 7.11 Å². The highest BCUT2D eigenvalue weighted by Gasteiger charge is 2.17. The van der Waals surface area contributed by atoms with Gasteiger partial charge in [-0.1, -0.05) is 25.1 Å². The fourth-order valence-electron chi connectivity index (χ4n) is 1.84. The molecule has 0 fully saturated rings. The number of hydrogen-bond donors (Lipinski definition) is 2. The average Bonchev–Trinajstić information content (AvgIpc) is 2.89. The number of carboxylic acid groups (broad SMARTS) is 1. The standard InChI is InChI=1S/C15H18N2O3S/c1-3-4-5-12-16-13(15(18)19)14(17-12)21-11-8-6-10(20-2)7-9-11/h6-9H,3-5H2,1-2H3,(H,16,17)(H,18,19). The summed E-state index contributed by atoms with van der Waals surface area (Å²) in [7, 11) is 1.61. The SMILES string of the molecule is CCCCc1nc(Sc2ccc(OC)cc2)c(C(=O)O)[nH]1. The van der Waals surface area contributed by atoms with Crippen LogP contribution in [0.3, 0.4) is 0 Å². The Bertz CT molecular complexity index is 608. The van der Waals surface area contributed by atoms with Gasteiger partial charge >= 0.3 is 5.97 Å². The molecule has 0 aliphatic heterocycles. The molecule has 0 bridgehead atoms. The van der Waals surface area contributed by atoms with Crippen LogP contribution in [0.2, 0.25) is 0 Å². The van der Waals surface area contributed by atoms with Gasteiger partial charge in [0.25, 0.3) is 0 Å². The van der Waals surface area contributed by atoms with Crippen molar-refractivity contribution in [2.45, 2.75) is 36.1 Å². The number of aromatic nitrogens is 2. The van der Waals surface area contributed by atoms with Crippen LogP contribution in [-0.4, -0.2) is 28.2 Å². The second-order valence-electron chi connectivity index (χ2n) is 4.55. The van der Waals surface area contributed by atoms with E-state index in [0.29, 0.717) is 5.03 Å². The number of nitrogens with zero attached hydrogens (tertiary/aromatic N) is 1. The molecule has 6 heteroatoms. The van der Waals surface area contributed by atoms with Crippen LogP contribution < -0.4 is 4.74 Å². The van der Waals surface area contributed by atoms with Crippen molar-refractivity contribution < 1.29 is 14.6 Å². The molecule has 0 saturated heterocycles. The number of ether oxygens (including phenoxy) is 1. The number of H-pyrrole nitrogens is 1. The zero-order valence-electron chi connectivity index (χ0n) is 12.0. The van der Waals surface area contributed by atoms with Crippen LogP contribution in [0.15, 0.2) is 34.2 Å². The molecular formula is C15H18N2O3S. The topological polar surface area (TPSA) is 75.2 Å². The van der Waals surface area contributed by atoms with Crippen LogP contribution in [0.25, 0.3) is 0 Å². The zero-order valence-corrected chi connectivity index (χ0v) is 12.9. The zero-order chi connectivity index (χ0) is 15.2. The predicted molar refractivity (Wildman–Crippen MR) is 81.3 cm³/mol. The van der Waals surface area contributed by atoms with Crippen molar-refractivity contribution >= 4 is 17.7 Å². The number of aryl methyl sites for hydroxylation is 1. The van der Waals surface area contributed by atoms with Crippen molar-refractivity contribution in [3.05, 3.63) is 35.8 Å². The molecular weight excluding hydrogens is 288 g/mol. The van der Waals surface area contributed by atoms with Gasteiger partial charge in [-0.05, 0) is 30.7 Å². The molecule has 1 aromatic heterocycles. The quantitative estimate of drug-likeness (QED) is 0.817. The van der Waals surface area contributed by atoms with Crippen LogP contribution in [0, 0.1) is 0 Å². The Hall–Kier alpha value is -1.95. The first-order valence-electron chi connectivity index (χ1n) is 6.78. The number of carbonyl (C=O) groups is 1. The molecule has 0 atom stereocenters. The minimum atomic E-state index is -0.985. The maximum atomic E-state index is 11.3. The van der Waals surface area contributed by atoms with Crippen LogP contribution in [0.5, 0.6) is 5.75 Å². The van der Waals surface area contributed by atoms with E-state index in [0.717, 1.165) is 35.7 Å². The van der Waals surface area contributed by atoms with Gasteiger partial charge in [0.2, 0.25) is 0 Å². The average molecular weight is 306 g/mol. The fraction of sp³-hybridized carbons (Fsp3) is 0.333. The van der Waals surface area contributed by atoms with E-state index in [2.05, 4.69) is 16.9 Å². The first-order valence-corrected chi connectivity index (χ1v) is 7.59. The highest BCUT2D eigenvalue weighted by atomic mass is 32.2. The molecule has 5 nitrogen and oxygen atoms in total. The van der Waals surface area contributed by atoms with Gasteiger partial charge < -0.3 is 14.8 Å². The molecule has 0 amide bonds. The maximum Gasteiger partial charge on any atom is 0.355 e. The van der Waals surface area contributed by atoms with E-state index in [9.17, 15) is 9.90 Å². The van der Waals surface area contributed by atoms with Gasteiger partial charge in [0.1, 0.15) is 16.6 Å². The molecule has 2 N–H and O–H groups in total. The number of benzene rings is 1. The fourth-order valence-corrected chi connectivity index (χ4v) is 2.73. The lowest BCUT2D eigenvalue weighted by Crippen LogP contribution is -1.98. The number of nitrogens with one attached hydrogen (secondary N) is 1. The molecule has 0 aliphatic rings. The lowest BCUT2D eigenvalue weighted by molar-refractivity contribution is 0.0687. The van der Waals surface area contributed by atoms with Crippen molar-refractivity contribution in [1.29, 1.82) is 0 Å². The first kappa shape index (κ1) is 15.4. The smallest absolute Gasteiger partial charge is 0.355 e. The second-order valence-corrected chi connectivity index (χ2v) is 5.61. The number of aromatic amines is 1. The molecule has 1 aromatic carbocycles. The van der Waals surface area contributed by atoms with Crippen LogP contribution >= 0.6 is 11.8 Å². The van der Waals surface area contributed by atoms with E-state index < -0.39 is 5.97 Å². The normalized spacial score (nSPS) is 10.6. The number of hydrogen-bond acceptors (Lipinski definition) is 4. The van der Waals surface area contributed by atoms with Crippen LogP contribution in [0.1, 0.15) is 36.1 Å². The Balaban J connectivity index is 2.20. The maximum absolute atomic E-state index is 11.3. The van der Waals surface area contributed by atoms with Crippen LogP contribution in [-0.2, 0) is 6.42 Å². The van der Waals surface area contributed by atoms with Crippen molar-refractivity contribution in [2.75, 3.05) is 7.11 Å². The Morgan fingerprint density at radius 1 is 1.38 bits per heavy atom. The molecule has 2 rings (SSSR count). The minimum absolute atomic E-state index is 0.155. The molecule has 1 heterocycles.